The molecule has 1 aromatic heterocycles. The number of nitrogens with zero attached hydrogens (tertiary/aromatic N) is 3. The van der Waals surface area contributed by atoms with Crippen LogP contribution in [0.15, 0.2) is 46.8 Å². The Morgan fingerprint density at radius 3 is 2.77 bits per heavy atom. The molecule has 130 valence electrons. The second kappa shape index (κ2) is 8.19. The summed E-state index contributed by atoms with van der Waals surface area (Å²) in [5.41, 5.74) is 1.74. The topological polar surface area (TPSA) is 98.9 Å². The molecule has 0 aliphatic rings. The zero-order valence-electron chi connectivity index (χ0n) is 13.1. The zero-order chi connectivity index (χ0) is 18.5. The number of rotatable bonds is 5. The minimum atomic E-state index is -0.509. The van der Waals surface area contributed by atoms with Gasteiger partial charge in [0.25, 0.3) is 5.91 Å². The minimum absolute atomic E-state index is 0.0690. The number of thioether (sulfide) groups is 1. The number of hydrogen-bond acceptors (Lipinski definition) is 7. The minimum Gasteiger partial charge on any atom is -0.507 e. The van der Waals surface area contributed by atoms with Crippen LogP contribution in [0.25, 0.3) is 0 Å². The molecule has 0 spiro atoms. The Labute approximate surface area is 162 Å². The summed E-state index contributed by atoms with van der Waals surface area (Å²) >= 11 is 8.56. The lowest BCUT2D eigenvalue weighted by molar-refractivity contribution is 0.102. The molecule has 0 bridgehead atoms. The lowest BCUT2D eigenvalue weighted by atomic mass is 10.2. The van der Waals surface area contributed by atoms with Crippen molar-refractivity contribution in [1.82, 2.24) is 10.2 Å². The number of halogens is 1. The van der Waals surface area contributed by atoms with Crippen LogP contribution in [0, 0.1) is 11.3 Å². The molecule has 0 saturated carbocycles. The van der Waals surface area contributed by atoms with Crippen LogP contribution in [0.3, 0.4) is 0 Å². The highest BCUT2D eigenvalue weighted by Crippen LogP contribution is 2.29. The number of phenols is 1. The van der Waals surface area contributed by atoms with E-state index < -0.39 is 5.91 Å². The third kappa shape index (κ3) is 4.52. The van der Waals surface area contributed by atoms with Gasteiger partial charge in [-0.2, -0.15) is 5.26 Å². The van der Waals surface area contributed by atoms with Crippen molar-refractivity contribution in [1.29, 1.82) is 5.26 Å². The predicted octanol–water partition coefficient (Wildman–Crippen LogP) is 4.31. The summed E-state index contributed by atoms with van der Waals surface area (Å²) < 4.78 is 0.694. The maximum absolute atomic E-state index is 12.2. The molecule has 3 aromatic rings. The van der Waals surface area contributed by atoms with Crippen LogP contribution < -0.4 is 5.32 Å². The molecule has 0 unspecified atom stereocenters. The molecule has 0 fully saturated rings. The van der Waals surface area contributed by atoms with Crippen LogP contribution in [0.2, 0.25) is 5.02 Å². The fourth-order valence-corrected chi connectivity index (χ4v) is 3.87. The van der Waals surface area contributed by atoms with Crippen molar-refractivity contribution in [2.24, 2.45) is 0 Å². The zero-order valence-corrected chi connectivity index (χ0v) is 15.5. The number of nitrogens with one attached hydrogen (secondary N) is 1. The highest BCUT2D eigenvalue weighted by molar-refractivity contribution is 8.00. The van der Waals surface area contributed by atoms with E-state index in [2.05, 4.69) is 21.6 Å². The summed E-state index contributed by atoms with van der Waals surface area (Å²) in [5.74, 6) is 0.000215. The highest BCUT2D eigenvalue weighted by atomic mass is 35.5. The Bertz CT molecular complexity index is 983. The van der Waals surface area contributed by atoms with Gasteiger partial charge in [0.2, 0.25) is 5.13 Å². The summed E-state index contributed by atoms with van der Waals surface area (Å²) in [6.07, 6.45) is 0. The molecule has 3 rings (SSSR count). The first kappa shape index (κ1) is 18.2. The van der Waals surface area contributed by atoms with E-state index in [0.717, 1.165) is 5.56 Å². The smallest absolute Gasteiger partial charge is 0.261 e. The van der Waals surface area contributed by atoms with Crippen molar-refractivity contribution in [3.63, 3.8) is 0 Å². The third-order valence-electron chi connectivity index (χ3n) is 3.28. The van der Waals surface area contributed by atoms with Crippen molar-refractivity contribution in [2.45, 2.75) is 10.1 Å². The Morgan fingerprint density at radius 2 is 2.04 bits per heavy atom. The van der Waals surface area contributed by atoms with E-state index in [0.29, 0.717) is 25.8 Å². The van der Waals surface area contributed by atoms with Crippen molar-refractivity contribution >= 4 is 45.7 Å². The fraction of sp³-hybridized carbons (Fsp3) is 0.0588. The summed E-state index contributed by atoms with van der Waals surface area (Å²) in [4.78, 5) is 12.2. The van der Waals surface area contributed by atoms with Crippen LogP contribution in [-0.4, -0.2) is 21.2 Å². The van der Waals surface area contributed by atoms with Gasteiger partial charge in [-0.1, -0.05) is 46.8 Å². The number of amides is 1. The number of aromatic hydroxyl groups is 1. The number of phenolic OH excluding ortho intramolecular Hbond substituents is 1. The van der Waals surface area contributed by atoms with Gasteiger partial charge in [-0.3, -0.25) is 10.1 Å². The van der Waals surface area contributed by atoms with Gasteiger partial charge in [0.05, 0.1) is 17.2 Å². The second-order valence-corrected chi connectivity index (χ2v) is 7.72. The SMILES string of the molecule is N#Cc1ccc(CSc2nnc(NC(=O)c3cc(Cl)ccc3O)s2)cc1. The summed E-state index contributed by atoms with van der Waals surface area (Å²) in [7, 11) is 0. The first-order valence-electron chi connectivity index (χ1n) is 7.30. The van der Waals surface area contributed by atoms with Gasteiger partial charge < -0.3 is 5.11 Å². The number of benzene rings is 2. The van der Waals surface area contributed by atoms with Crippen LogP contribution in [0.4, 0.5) is 5.13 Å². The lowest BCUT2D eigenvalue weighted by Crippen LogP contribution is -2.11. The van der Waals surface area contributed by atoms with Gasteiger partial charge in [0, 0.05) is 10.8 Å². The number of nitriles is 1. The quantitative estimate of drug-likeness (QED) is 0.487. The molecular formula is C17H11ClN4O2S2. The summed E-state index contributed by atoms with van der Waals surface area (Å²) in [6.45, 7) is 0. The molecule has 2 N–H and O–H groups in total. The molecule has 0 aliphatic carbocycles. The molecule has 0 atom stereocenters. The van der Waals surface area contributed by atoms with Gasteiger partial charge >= 0.3 is 0 Å². The average molecular weight is 403 g/mol. The molecule has 1 heterocycles. The van der Waals surface area contributed by atoms with Crippen LogP contribution in [0.5, 0.6) is 5.75 Å². The Hall–Kier alpha value is -2.60. The fourth-order valence-electron chi connectivity index (χ4n) is 1.99. The molecular weight excluding hydrogens is 392 g/mol. The first-order valence-corrected chi connectivity index (χ1v) is 9.48. The summed E-state index contributed by atoms with van der Waals surface area (Å²) in [5, 5.41) is 29.8. The third-order valence-corrected chi connectivity index (χ3v) is 5.55. The largest absolute Gasteiger partial charge is 0.507 e. The normalized spacial score (nSPS) is 10.3. The number of carbonyl (C=O) groups excluding carboxylic acids is 1. The number of carbonyl (C=O) groups is 1. The molecule has 0 radical (unpaired) electrons. The maximum atomic E-state index is 12.2. The van der Waals surface area contributed by atoms with Gasteiger partial charge in [0.15, 0.2) is 4.34 Å². The number of hydrogen-bond donors (Lipinski definition) is 2. The number of aromatic nitrogens is 2. The van der Waals surface area contributed by atoms with Gasteiger partial charge in [0.1, 0.15) is 5.75 Å². The Balaban J connectivity index is 1.61. The van der Waals surface area contributed by atoms with Crippen molar-refractivity contribution in [3.05, 3.63) is 64.2 Å². The van der Waals surface area contributed by atoms with E-state index in [1.807, 2.05) is 12.1 Å². The van der Waals surface area contributed by atoms with E-state index in [1.165, 1.54) is 41.3 Å². The molecule has 2 aromatic carbocycles. The average Bonchev–Trinajstić information content (AvgIpc) is 3.09. The van der Waals surface area contributed by atoms with Crippen molar-refractivity contribution in [2.75, 3.05) is 5.32 Å². The van der Waals surface area contributed by atoms with E-state index in [1.54, 1.807) is 12.1 Å². The van der Waals surface area contributed by atoms with Crippen LogP contribution in [0.1, 0.15) is 21.5 Å². The van der Waals surface area contributed by atoms with Gasteiger partial charge in [-0.05, 0) is 35.9 Å². The Morgan fingerprint density at radius 1 is 1.27 bits per heavy atom. The second-order valence-electron chi connectivity index (χ2n) is 5.09. The van der Waals surface area contributed by atoms with Gasteiger partial charge in [-0.25, -0.2) is 0 Å². The molecule has 0 aliphatic heterocycles. The maximum Gasteiger partial charge on any atom is 0.261 e. The van der Waals surface area contributed by atoms with E-state index >= 15 is 0 Å². The molecule has 9 heteroatoms. The molecule has 6 nitrogen and oxygen atoms in total. The standard InChI is InChI=1S/C17H11ClN4O2S2/c18-12-5-6-14(23)13(7-12)15(24)20-16-21-22-17(26-16)25-9-11-3-1-10(8-19)2-4-11/h1-7,23H,9H2,(H,20,21,24). The molecule has 1 amide bonds. The van der Waals surface area contributed by atoms with Crippen molar-refractivity contribution in [3.8, 4) is 11.8 Å². The van der Waals surface area contributed by atoms with Crippen LogP contribution >= 0.6 is 34.7 Å². The first-order chi connectivity index (χ1) is 12.5. The number of anilines is 1. The lowest BCUT2D eigenvalue weighted by Gasteiger charge is -2.04. The summed E-state index contributed by atoms with van der Waals surface area (Å²) in [6, 6.07) is 13.6. The highest BCUT2D eigenvalue weighted by Gasteiger charge is 2.14. The molecule has 0 saturated heterocycles. The van der Waals surface area contributed by atoms with Crippen LogP contribution in [-0.2, 0) is 5.75 Å². The monoisotopic (exact) mass is 402 g/mol. The van der Waals surface area contributed by atoms with Crippen molar-refractivity contribution < 1.29 is 9.90 Å². The van der Waals surface area contributed by atoms with Gasteiger partial charge in [-0.15, -0.1) is 10.2 Å². The van der Waals surface area contributed by atoms with E-state index in [9.17, 15) is 9.90 Å². The Kier molecular flexibility index (Phi) is 5.73. The van der Waals surface area contributed by atoms with E-state index in [4.69, 9.17) is 16.9 Å². The molecule has 26 heavy (non-hydrogen) atoms. The van der Waals surface area contributed by atoms with E-state index in [-0.39, 0.29) is 11.3 Å². The predicted molar refractivity (Wildman–Crippen MR) is 102 cm³/mol.